The van der Waals surface area contributed by atoms with Gasteiger partial charge in [-0.25, -0.2) is 9.07 Å². The van der Waals surface area contributed by atoms with Crippen LogP contribution in [0.5, 0.6) is 5.75 Å². The topological polar surface area (TPSA) is 74.5 Å². The zero-order valence-electron chi connectivity index (χ0n) is 16.2. The number of aromatic hydroxyl groups is 1. The number of rotatable bonds is 5. The predicted molar refractivity (Wildman–Crippen MR) is 108 cm³/mol. The number of halogens is 1. The molecule has 0 radical (unpaired) electrons. The summed E-state index contributed by atoms with van der Waals surface area (Å²) in [5.74, 6) is -0.398. The number of aromatic nitrogens is 2. The average molecular weight is 381 g/mol. The number of phenolic OH excluding ortho intramolecular Hbond substituents is 1. The maximum atomic E-state index is 13.5. The highest BCUT2D eigenvalue weighted by atomic mass is 19.1. The smallest absolute Gasteiger partial charge is 0.191 e. The molecule has 3 rings (SSSR count). The molecule has 28 heavy (non-hydrogen) atoms. The van der Waals surface area contributed by atoms with E-state index in [-0.39, 0.29) is 5.75 Å². The van der Waals surface area contributed by atoms with Crippen LogP contribution in [0.1, 0.15) is 22.5 Å². The van der Waals surface area contributed by atoms with Crippen molar-refractivity contribution in [2.75, 3.05) is 7.05 Å². The molecule has 0 amide bonds. The maximum Gasteiger partial charge on any atom is 0.191 e. The molecule has 3 N–H and O–H groups in total. The van der Waals surface area contributed by atoms with Gasteiger partial charge in [-0.2, -0.15) is 5.10 Å². The summed E-state index contributed by atoms with van der Waals surface area (Å²) in [6.45, 7) is 4.94. The Hall–Kier alpha value is -3.35. The molecule has 7 heteroatoms. The third kappa shape index (κ3) is 4.49. The van der Waals surface area contributed by atoms with Crippen molar-refractivity contribution in [1.29, 1.82) is 0 Å². The van der Waals surface area contributed by atoms with E-state index in [1.165, 1.54) is 12.1 Å². The van der Waals surface area contributed by atoms with Gasteiger partial charge in [-0.3, -0.25) is 4.99 Å². The maximum absolute atomic E-state index is 13.5. The van der Waals surface area contributed by atoms with E-state index in [4.69, 9.17) is 0 Å². The summed E-state index contributed by atoms with van der Waals surface area (Å²) in [6.07, 6.45) is 0. The zero-order valence-corrected chi connectivity index (χ0v) is 16.2. The van der Waals surface area contributed by atoms with Crippen molar-refractivity contribution in [1.82, 2.24) is 20.4 Å². The summed E-state index contributed by atoms with van der Waals surface area (Å²) in [7, 11) is 1.68. The first-order valence-corrected chi connectivity index (χ1v) is 9.01. The second-order valence-electron chi connectivity index (χ2n) is 6.53. The standard InChI is InChI=1S/C21H24FN5O/c1-14-10-15(2)27(26-14)19-7-5-4-6-17(19)13-25-21(23-3)24-12-16-8-9-20(28)18(22)11-16/h4-11,28H,12-13H2,1-3H3,(H2,23,24,25). The molecule has 0 bridgehead atoms. The van der Waals surface area contributed by atoms with Gasteiger partial charge in [0, 0.05) is 25.8 Å². The number of guanidine groups is 1. The summed E-state index contributed by atoms with van der Waals surface area (Å²) >= 11 is 0. The monoisotopic (exact) mass is 381 g/mol. The number of hydrogen-bond donors (Lipinski definition) is 3. The molecular weight excluding hydrogens is 357 g/mol. The largest absolute Gasteiger partial charge is 0.505 e. The average Bonchev–Trinajstić information content (AvgIpc) is 3.03. The van der Waals surface area contributed by atoms with Crippen molar-refractivity contribution in [3.8, 4) is 11.4 Å². The van der Waals surface area contributed by atoms with Gasteiger partial charge in [-0.1, -0.05) is 24.3 Å². The molecular formula is C21H24FN5O. The van der Waals surface area contributed by atoms with Crippen molar-refractivity contribution < 1.29 is 9.50 Å². The molecule has 146 valence electrons. The zero-order chi connectivity index (χ0) is 20.1. The number of nitrogens with zero attached hydrogens (tertiary/aromatic N) is 3. The summed E-state index contributed by atoms with van der Waals surface area (Å²) in [5.41, 5.74) is 4.84. The van der Waals surface area contributed by atoms with Crippen LogP contribution < -0.4 is 10.6 Å². The predicted octanol–water partition coefficient (Wildman–Crippen LogP) is 3.20. The van der Waals surface area contributed by atoms with Gasteiger partial charge in [-0.15, -0.1) is 0 Å². The van der Waals surface area contributed by atoms with Gasteiger partial charge in [0.05, 0.1) is 11.4 Å². The summed E-state index contributed by atoms with van der Waals surface area (Å²) in [5, 5.41) is 20.3. The third-order valence-corrected chi connectivity index (χ3v) is 4.37. The Labute approximate surface area is 163 Å². The lowest BCUT2D eigenvalue weighted by Crippen LogP contribution is -2.36. The van der Waals surface area contributed by atoms with Gasteiger partial charge in [0.15, 0.2) is 17.5 Å². The van der Waals surface area contributed by atoms with Gasteiger partial charge in [-0.05, 0) is 49.2 Å². The van der Waals surface area contributed by atoms with Crippen molar-refractivity contribution in [2.45, 2.75) is 26.9 Å². The highest BCUT2D eigenvalue weighted by Crippen LogP contribution is 2.17. The SMILES string of the molecule is CN=C(NCc1ccc(O)c(F)c1)NCc1ccccc1-n1nc(C)cc1C. The summed E-state index contributed by atoms with van der Waals surface area (Å²) in [4.78, 5) is 4.21. The lowest BCUT2D eigenvalue weighted by molar-refractivity contribution is 0.431. The fourth-order valence-electron chi connectivity index (χ4n) is 2.99. The number of phenols is 1. The second-order valence-corrected chi connectivity index (χ2v) is 6.53. The van der Waals surface area contributed by atoms with E-state index in [0.29, 0.717) is 24.6 Å². The van der Waals surface area contributed by atoms with Crippen LogP contribution in [0, 0.1) is 19.7 Å². The Morgan fingerprint density at radius 2 is 1.86 bits per heavy atom. The van der Waals surface area contributed by atoms with E-state index in [9.17, 15) is 9.50 Å². The molecule has 3 aromatic rings. The van der Waals surface area contributed by atoms with Gasteiger partial charge in [0.1, 0.15) is 0 Å². The molecule has 1 heterocycles. The van der Waals surface area contributed by atoms with Crippen molar-refractivity contribution in [2.24, 2.45) is 4.99 Å². The van der Waals surface area contributed by atoms with Crippen LogP contribution in [0.25, 0.3) is 5.69 Å². The minimum Gasteiger partial charge on any atom is -0.505 e. The molecule has 0 saturated carbocycles. The Morgan fingerprint density at radius 1 is 1.11 bits per heavy atom. The summed E-state index contributed by atoms with van der Waals surface area (Å²) < 4.78 is 15.4. The van der Waals surface area contributed by atoms with E-state index in [1.807, 2.05) is 48.9 Å². The molecule has 0 aliphatic rings. The third-order valence-electron chi connectivity index (χ3n) is 4.37. The number of para-hydroxylation sites is 1. The minimum atomic E-state index is -0.638. The van der Waals surface area contributed by atoms with Crippen LogP contribution in [0.15, 0.2) is 53.5 Å². The fraction of sp³-hybridized carbons (Fsp3) is 0.238. The van der Waals surface area contributed by atoms with E-state index < -0.39 is 5.82 Å². The summed E-state index contributed by atoms with van der Waals surface area (Å²) in [6, 6.07) is 14.4. The van der Waals surface area contributed by atoms with Gasteiger partial charge in [0.2, 0.25) is 0 Å². The molecule has 0 unspecified atom stereocenters. The second kappa shape index (κ2) is 8.56. The Kier molecular flexibility index (Phi) is 5.93. The highest BCUT2D eigenvalue weighted by molar-refractivity contribution is 5.79. The van der Waals surface area contributed by atoms with Crippen LogP contribution in [0.3, 0.4) is 0 Å². The molecule has 6 nitrogen and oxygen atoms in total. The fourth-order valence-corrected chi connectivity index (χ4v) is 2.99. The van der Waals surface area contributed by atoms with Crippen molar-refractivity contribution >= 4 is 5.96 Å². The van der Waals surface area contributed by atoms with E-state index in [1.54, 1.807) is 13.1 Å². The Bertz CT molecular complexity index is 996. The van der Waals surface area contributed by atoms with Gasteiger partial charge in [0.25, 0.3) is 0 Å². The molecule has 1 aromatic heterocycles. The van der Waals surface area contributed by atoms with E-state index >= 15 is 0 Å². The number of hydrogen-bond acceptors (Lipinski definition) is 3. The van der Waals surface area contributed by atoms with Crippen LogP contribution in [0.4, 0.5) is 4.39 Å². The molecule has 0 aliphatic heterocycles. The molecule has 0 atom stereocenters. The Balaban J connectivity index is 1.67. The van der Waals surface area contributed by atoms with E-state index in [2.05, 4.69) is 20.7 Å². The normalized spacial score (nSPS) is 11.5. The minimum absolute atomic E-state index is 0.355. The Morgan fingerprint density at radius 3 is 2.54 bits per heavy atom. The quantitative estimate of drug-likeness (QED) is 0.469. The first-order valence-electron chi connectivity index (χ1n) is 9.01. The highest BCUT2D eigenvalue weighted by Gasteiger charge is 2.09. The number of benzene rings is 2. The van der Waals surface area contributed by atoms with E-state index in [0.717, 1.165) is 22.6 Å². The number of nitrogens with one attached hydrogen (secondary N) is 2. The first-order chi connectivity index (χ1) is 13.5. The van der Waals surface area contributed by atoms with Crippen LogP contribution in [-0.4, -0.2) is 27.9 Å². The first kappa shape index (κ1) is 19.4. The number of aryl methyl sites for hydroxylation is 2. The molecule has 0 fully saturated rings. The molecule has 0 saturated heterocycles. The van der Waals surface area contributed by atoms with Crippen LogP contribution in [0.2, 0.25) is 0 Å². The molecule has 2 aromatic carbocycles. The molecule has 0 spiro atoms. The lowest BCUT2D eigenvalue weighted by atomic mass is 10.1. The number of aliphatic imine (C=N–C) groups is 1. The van der Waals surface area contributed by atoms with Gasteiger partial charge < -0.3 is 15.7 Å². The van der Waals surface area contributed by atoms with Crippen LogP contribution >= 0.6 is 0 Å². The van der Waals surface area contributed by atoms with Crippen molar-refractivity contribution in [3.05, 3.63) is 76.9 Å². The molecule has 0 aliphatic carbocycles. The van der Waals surface area contributed by atoms with Gasteiger partial charge >= 0.3 is 0 Å². The van der Waals surface area contributed by atoms with Crippen LogP contribution in [-0.2, 0) is 13.1 Å². The van der Waals surface area contributed by atoms with Crippen molar-refractivity contribution in [3.63, 3.8) is 0 Å². The lowest BCUT2D eigenvalue weighted by Gasteiger charge is -2.15.